The molecule has 1 atom stereocenters. The van der Waals surface area contributed by atoms with Crippen LogP contribution in [0, 0.1) is 0 Å². The normalized spacial score (nSPS) is 17.7. The Kier molecular flexibility index (Phi) is 8.14. The van der Waals surface area contributed by atoms with E-state index in [1.54, 1.807) is 11.0 Å². The smallest absolute Gasteiger partial charge is 0.295 e. The van der Waals surface area contributed by atoms with Gasteiger partial charge in [0, 0.05) is 44.0 Å². The Morgan fingerprint density at radius 1 is 1.03 bits per heavy atom. The molecule has 1 heterocycles. The summed E-state index contributed by atoms with van der Waals surface area (Å²) in [7, 11) is 7.75. The van der Waals surface area contributed by atoms with Crippen LogP contribution < -0.4 is 9.64 Å². The zero-order valence-electron chi connectivity index (χ0n) is 22.8. The molecule has 1 aliphatic heterocycles. The molecule has 2 aromatic carbocycles. The summed E-state index contributed by atoms with van der Waals surface area (Å²) in [6.07, 6.45) is 0. The van der Waals surface area contributed by atoms with Crippen LogP contribution in [-0.2, 0) is 15.0 Å². The van der Waals surface area contributed by atoms with E-state index in [9.17, 15) is 14.7 Å². The average Bonchev–Trinajstić information content (AvgIpc) is 3.06. The summed E-state index contributed by atoms with van der Waals surface area (Å²) < 4.78 is 5.82. The maximum absolute atomic E-state index is 13.3. The summed E-state index contributed by atoms with van der Waals surface area (Å²) >= 11 is 0. The number of ether oxygens (including phenoxy) is 1. The first-order valence-corrected chi connectivity index (χ1v) is 12.3. The summed E-state index contributed by atoms with van der Waals surface area (Å²) in [5.41, 5.74) is 3.05. The highest BCUT2D eigenvalue weighted by atomic mass is 16.5. The fraction of sp³-hybridized carbons (Fsp3) is 0.448. The lowest BCUT2D eigenvalue weighted by molar-refractivity contribution is -0.140. The monoisotopic (exact) mass is 493 g/mol. The Hall–Kier alpha value is -3.32. The number of likely N-dealkylation sites (N-methyl/N-ethyl adjacent to an activating group) is 1. The van der Waals surface area contributed by atoms with Gasteiger partial charge in [-0.25, -0.2) is 0 Å². The Morgan fingerprint density at radius 2 is 1.67 bits per heavy atom. The maximum Gasteiger partial charge on any atom is 0.295 e. The molecule has 36 heavy (non-hydrogen) atoms. The van der Waals surface area contributed by atoms with Gasteiger partial charge in [0.05, 0.1) is 18.2 Å². The Bertz CT molecular complexity index is 1140. The molecule has 194 valence electrons. The van der Waals surface area contributed by atoms with Gasteiger partial charge in [0.25, 0.3) is 11.7 Å². The minimum atomic E-state index is -0.675. The molecule has 0 spiro atoms. The van der Waals surface area contributed by atoms with E-state index in [-0.39, 0.29) is 16.7 Å². The van der Waals surface area contributed by atoms with Crippen molar-refractivity contribution in [1.29, 1.82) is 0 Å². The van der Waals surface area contributed by atoms with Gasteiger partial charge in [0.15, 0.2) is 0 Å². The fourth-order valence-electron chi connectivity index (χ4n) is 4.42. The molecule has 0 aliphatic carbocycles. The molecule has 0 bridgehead atoms. The molecule has 3 rings (SSSR count). The zero-order valence-corrected chi connectivity index (χ0v) is 22.8. The number of hydrogen-bond donors (Lipinski definition) is 1. The quantitative estimate of drug-likeness (QED) is 0.333. The predicted octanol–water partition coefficient (Wildman–Crippen LogP) is 4.43. The largest absolute Gasteiger partial charge is 0.507 e. The van der Waals surface area contributed by atoms with Crippen molar-refractivity contribution >= 4 is 23.1 Å². The van der Waals surface area contributed by atoms with Crippen LogP contribution >= 0.6 is 0 Å². The van der Waals surface area contributed by atoms with Gasteiger partial charge in [0.2, 0.25) is 0 Å². The van der Waals surface area contributed by atoms with Gasteiger partial charge in [0.1, 0.15) is 11.5 Å². The second-order valence-electron chi connectivity index (χ2n) is 10.7. The van der Waals surface area contributed by atoms with Crippen LogP contribution in [0.4, 0.5) is 5.69 Å². The second kappa shape index (κ2) is 10.7. The molecule has 2 aromatic rings. The third-order valence-corrected chi connectivity index (χ3v) is 6.41. The number of anilines is 1. The number of Topliss-reactive ketones (excluding diaryl/α,β-unsaturated/α-hetero) is 1. The first-order valence-electron chi connectivity index (χ1n) is 12.3. The predicted molar refractivity (Wildman–Crippen MR) is 145 cm³/mol. The van der Waals surface area contributed by atoms with E-state index in [1.807, 2.05) is 81.3 Å². The van der Waals surface area contributed by atoms with Gasteiger partial charge in [-0.3, -0.25) is 9.59 Å². The van der Waals surface area contributed by atoms with E-state index in [0.717, 1.165) is 22.6 Å². The third-order valence-electron chi connectivity index (χ3n) is 6.41. The summed E-state index contributed by atoms with van der Waals surface area (Å²) in [4.78, 5) is 32.0. The van der Waals surface area contributed by atoms with Crippen molar-refractivity contribution in [3.8, 4) is 5.75 Å². The first-order chi connectivity index (χ1) is 16.9. The molecule has 1 fully saturated rings. The number of nitrogens with zero attached hydrogens (tertiary/aromatic N) is 3. The number of aliphatic hydroxyl groups is 1. The van der Waals surface area contributed by atoms with E-state index in [2.05, 4.69) is 20.8 Å². The van der Waals surface area contributed by atoms with Crippen LogP contribution in [0.3, 0.4) is 0 Å². The lowest BCUT2D eigenvalue weighted by Gasteiger charge is -2.27. The molecule has 0 aromatic heterocycles. The van der Waals surface area contributed by atoms with Gasteiger partial charge in [-0.2, -0.15) is 0 Å². The van der Waals surface area contributed by atoms with E-state index in [0.29, 0.717) is 25.3 Å². The minimum Gasteiger partial charge on any atom is -0.507 e. The summed E-state index contributed by atoms with van der Waals surface area (Å²) in [6, 6.07) is 12.5. The van der Waals surface area contributed by atoms with Crippen molar-refractivity contribution in [2.75, 3.05) is 52.8 Å². The number of hydrogen-bond acceptors (Lipinski definition) is 6. The zero-order chi connectivity index (χ0) is 26.8. The third kappa shape index (κ3) is 5.57. The average molecular weight is 494 g/mol. The Labute approximate surface area is 215 Å². The van der Waals surface area contributed by atoms with Crippen molar-refractivity contribution in [2.45, 2.75) is 39.2 Å². The summed E-state index contributed by atoms with van der Waals surface area (Å²) in [5.74, 6) is -0.694. The van der Waals surface area contributed by atoms with Gasteiger partial charge in [-0.05, 0) is 62.3 Å². The number of benzene rings is 2. The highest BCUT2D eigenvalue weighted by Gasteiger charge is 2.46. The number of ketones is 1. The molecular weight excluding hydrogens is 454 g/mol. The number of aliphatic hydroxyl groups excluding tert-OH is 1. The van der Waals surface area contributed by atoms with E-state index in [1.165, 1.54) is 0 Å². The van der Waals surface area contributed by atoms with E-state index < -0.39 is 17.7 Å². The van der Waals surface area contributed by atoms with Crippen LogP contribution in [0.5, 0.6) is 5.75 Å². The lowest BCUT2D eigenvalue weighted by Crippen LogP contribution is -2.35. The summed E-state index contributed by atoms with van der Waals surface area (Å²) in [5, 5.41) is 11.5. The Morgan fingerprint density at radius 3 is 2.19 bits per heavy atom. The van der Waals surface area contributed by atoms with Crippen molar-refractivity contribution < 1.29 is 19.4 Å². The van der Waals surface area contributed by atoms with Gasteiger partial charge in [-0.15, -0.1) is 0 Å². The SMILES string of the molecule is CCOc1ccc(/C(O)=C2/C(=O)C(=O)N(CCN(C)C)C2c2ccc(N(C)C)cc2)cc1C(C)(C)C. The number of carbonyl (C=O) groups excluding carboxylic acids is 2. The summed E-state index contributed by atoms with van der Waals surface area (Å²) in [6.45, 7) is 9.62. The van der Waals surface area contributed by atoms with Gasteiger partial charge in [-0.1, -0.05) is 32.9 Å². The molecule has 7 nitrogen and oxygen atoms in total. The highest BCUT2D eigenvalue weighted by molar-refractivity contribution is 6.46. The number of carbonyl (C=O) groups is 2. The van der Waals surface area contributed by atoms with Crippen molar-refractivity contribution in [3.05, 3.63) is 64.7 Å². The number of amides is 1. The van der Waals surface area contributed by atoms with E-state index >= 15 is 0 Å². The lowest BCUT2D eigenvalue weighted by atomic mass is 9.84. The van der Waals surface area contributed by atoms with Crippen LogP contribution in [0.2, 0.25) is 0 Å². The van der Waals surface area contributed by atoms with E-state index in [4.69, 9.17) is 4.74 Å². The van der Waals surface area contributed by atoms with Crippen molar-refractivity contribution in [3.63, 3.8) is 0 Å². The van der Waals surface area contributed by atoms with Crippen LogP contribution in [0.15, 0.2) is 48.0 Å². The van der Waals surface area contributed by atoms with Crippen molar-refractivity contribution in [2.24, 2.45) is 0 Å². The highest BCUT2D eigenvalue weighted by Crippen LogP contribution is 2.41. The molecule has 0 saturated carbocycles. The van der Waals surface area contributed by atoms with Crippen LogP contribution in [-0.4, -0.2) is 74.5 Å². The minimum absolute atomic E-state index is 0.111. The van der Waals surface area contributed by atoms with Crippen LogP contribution in [0.1, 0.15) is 50.4 Å². The molecule has 1 unspecified atom stereocenters. The first kappa shape index (κ1) is 27.3. The molecule has 1 saturated heterocycles. The number of rotatable bonds is 8. The number of likely N-dealkylation sites (tertiary alicyclic amines) is 1. The molecule has 7 heteroatoms. The second-order valence-corrected chi connectivity index (χ2v) is 10.7. The maximum atomic E-state index is 13.3. The fourth-order valence-corrected chi connectivity index (χ4v) is 4.42. The molecular formula is C29H39N3O4. The van der Waals surface area contributed by atoms with Gasteiger partial charge < -0.3 is 24.5 Å². The molecule has 1 aliphatic rings. The molecule has 1 N–H and O–H groups in total. The standard InChI is InChI=1S/C29H39N3O4/c1-9-36-23-15-12-20(18-22(23)29(2,3)4)26(33)24-25(19-10-13-21(14-11-19)31(7)8)32(17-16-30(5)6)28(35)27(24)34/h10-15,18,25,33H,9,16-17H2,1-8H3/b26-24-. The molecule has 1 amide bonds. The van der Waals surface area contributed by atoms with Gasteiger partial charge >= 0.3 is 0 Å². The Balaban J connectivity index is 2.19. The van der Waals surface area contributed by atoms with Crippen LogP contribution in [0.25, 0.3) is 5.76 Å². The van der Waals surface area contributed by atoms with Crippen molar-refractivity contribution in [1.82, 2.24) is 9.80 Å². The molecule has 0 radical (unpaired) electrons. The topological polar surface area (TPSA) is 73.3 Å².